The topological polar surface area (TPSA) is 29.5 Å². The van der Waals surface area contributed by atoms with Crippen LogP contribution in [0, 0.1) is 0 Å². The van der Waals surface area contributed by atoms with E-state index < -0.39 is 0 Å². The van der Waals surface area contributed by atoms with Crippen LogP contribution in [-0.2, 0) is 9.53 Å². The molecular weight excluding hydrogens is 214 g/mol. The van der Waals surface area contributed by atoms with E-state index in [4.69, 9.17) is 4.74 Å². The lowest BCUT2D eigenvalue weighted by atomic mass is 9.99. The summed E-state index contributed by atoms with van der Waals surface area (Å²) < 4.78 is 5.16. The van der Waals surface area contributed by atoms with Gasteiger partial charge in [-0.15, -0.1) is 0 Å². The number of benzene rings is 1. The maximum Gasteiger partial charge on any atom is 0.248 e. The van der Waals surface area contributed by atoms with Crippen LogP contribution in [0.3, 0.4) is 0 Å². The molecule has 1 aromatic carbocycles. The highest BCUT2D eigenvalue weighted by molar-refractivity contribution is 5.77. The van der Waals surface area contributed by atoms with Gasteiger partial charge in [-0.05, 0) is 18.9 Å². The molecular formula is C14H19NO2. The van der Waals surface area contributed by atoms with Gasteiger partial charge in [0.15, 0.2) is 0 Å². The first-order chi connectivity index (χ1) is 8.31. The Morgan fingerprint density at radius 2 is 2.18 bits per heavy atom. The molecule has 17 heavy (non-hydrogen) atoms. The molecule has 0 spiro atoms. The van der Waals surface area contributed by atoms with Gasteiger partial charge >= 0.3 is 0 Å². The van der Waals surface area contributed by atoms with Gasteiger partial charge in [-0.3, -0.25) is 4.79 Å². The van der Waals surface area contributed by atoms with Gasteiger partial charge in [0.05, 0.1) is 0 Å². The molecule has 0 aliphatic carbocycles. The molecule has 1 unspecified atom stereocenters. The molecule has 0 aromatic heterocycles. The summed E-state index contributed by atoms with van der Waals surface area (Å²) in [5.74, 6) is 0.604. The van der Waals surface area contributed by atoms with E-state index in [-0.39, 0.29) is 12.5 Å². The summed E-state index contributed by atoms with van der Waals surface area (Å²) in [4.78, 5) is 13.7. The number of ether oxygens (including phenoxy) is 1. The average molecular weight is 233 g/mol. The molecule has 1 aliphatic rings. The van der Waals surface area contributed by atoms with Crippen LogP contribution in [0.1, 0.15) is 24.8 Å². The monoisotopic (exact) mass is 233 g/mol. The summed E-state index contributed by atoms with van der Waals surface area (Å²) in [6.07, 6.45) is 1.06. The number of carbonyl (C=O) groups is 1. The van der Waals surface area contributed by atoms with E-state index in [2.05, 4.69) is 24.3 Å². The normalized spacial score (nSPS) is 19.6. The summed E-state index contributed by atoms with van der Waals surface area (Å²) in [6.45, 7) is 4.41. The number of amides is 1. The van der Waals surface area contributed by atoms with Gasteiger partial charge in [0.2, 0.25) is 5.91 Å². The largest absolute Gasteiger partial charge is 0.372 e. The summed E-state index contributed by atoms with van der Waals surface area (Å²) in [5, 5.41) is 0. The molecule has 1 atom stereocenters. The van der Waals surface area contributed by atoms with Crippen molar-refractivity contribution >= 4 is 5.91 Å². The van der Waals surface area contributed by atoms with Gasteiger partial charge in [-0.2, -0.15) is 0 Å². The van der Waals surface area contributed by atoms with Gasteiger partial charge < -0.3 is 9.64 Å². The van der Waals surface area contributed by atoms with Gasteiger partial charge in [0, 0.05) is 25.6 Å². The van der Waals surface area contributed by atoms with Crippen LogP contribution in [0.25, 0.3) is 0 Å². The van der Waals surface area contributed by atoms with Crippen molar-refractivity contribution in [1.29, 1.82) is 0 Å². The summed E-state index contributed by atoms with van der Waals surface area (Å²) >= 11 is 0. The van der Waals surface area contributed by atoms with Crippen LogP contribution >= 0.6 is 0 Å². The Labute approximate surface area is 102 Å². The van der Waals surface area contributed by atoms with Crippen molar-refractivity contribution in [3.8, 4) is 0 Å². The Hall–Kier alpha value is -1.35. The van der Waals surface area contributed by atoms with Gasteiger partial charge in [-0.1, -0.05) is 30.3 Å². The van der Waals surface area contributed by atoms with E-state index in [9.17, 15) is 4.79 Å². The number of hydrogen-bond acceptors (Lipinski definition) is 2. The van der Waals surface area contributed by atoms with Crippen LogP contribution in [-0.4, -0.2) is 37.1 Å². The number of carbonyl (C=O) groups excluding carboxylic acids is 1. The molecule has 3 nitrogen and oxygen atoms in total. The third-order valence-corrected chi connectivity index (χ3v) is 3.24. The third kappa shape index (κ3) is 3.07. The Morgan fingerprint density at radius 3 is 2.88 bits per heavy atom. The summed E-state index contributed by atoms with van der Waals surface area (Å²) in [5.41, 5.74) is 1.33. The van der Waals surface area contributed by atoms with Crippen LogP contribution in [0.5, 0.6) is 0 Å². The quantitative estimate of drug-likeness (QED) is 0.796. The minimum atomic E-state index is 0.116. The molecule has 0 bridgehead atoms. The third-order valence-electron chi connectivity index (χ3n) is 3.24. The highest BCUT2D eigenvalue weighted by atomic mass is 16.5. The average Bonchev–Trinajstić information content (AvgIpc) is 2.86. The highest BCUT2D eigenvalue weighted by Crippen LogP contribution is 2.26. The zero-order valence-corrected chi connectivity index (χ0v) is 10.3. The van der Waals surface area contributed by atoms with Crippen molar-refractivity contribution in [3.05, 3.63) is 35.9 Å². The van der Waals surface area contributed by atoms with Gasteiger partial charge in [0.1, 0.15) is 6.61 Å². The first-order valence-corrected chi connectivity index (χ1v) is 6.21. The maximum absolute atomic E-state index is 11.8. The van der Waals surface area contributed by atoms with E-state index in [1.807, 2.05) is 17.9 Å². The maximum atomic E-state index is 11.8. The lowest BCUT2D eigenvalue weighted by molar-refractivity contribution is -0.134. The van der Waals surface area contributed by atoms with E-state index in [1.54, 1.807) is 0 Å². The van der Waals surface area contributed by atoms with Crippen molar-refractivity contribution in [2.24, 2.45) is 0 Å². The fourth-order valence-corrected chi connectivity index (χ4v) is 2.26. The second kappa shape index (κ2) is 5.82. The second-order valence-electron chi connectivity index (χ2n) is 4.37. The first kappa shape index (κ1) is 12.1. The van der Waals surface area contributed by atoms with Crippen LogP contribution in [0.2, 0.25) is 0 Å². The Kier molecular flexibility index (Phi) is 4.15. The van der Waals surface area contributed by atoms with E-state index in [0.29, 0.717) is 12.5 Å². The van der Waals surface area contributed by atoms with E-state index >= 15 is 0 Å². The molecule has 92 valence electrons. The molecule has 1 heterocycles. The molecule has 0 radical (unpaired) electrons. The minimum absolute atomic E-state index is 0.116. The van der Waals surface area contributed by atoms with Crippen LogP contribution in [0.15, 0.2) is 30.3 Å². The molecule has 3 heteroatoms. The van der Waals surface area contributed by atoms with Crippen molar-refractivity contribution in [1.82, 2.24) is 4.90 Å². The lowest BCUT2D eigenvalue weighted by Crippen LogP contribution is -2.31. The molecule has 0 saturated carbocycles. The molecule has 1 amide bonds. The second-order valence-corrected chi connectivity index (χ2v) is 4.37. The zero-order valence-electron chi connectivity index (χ0n) is 10.3. The Morgan fingerprint density at radius 1 is 1.41 bits per heavy atom. The molecule has 2 rings (SSSR count). The van der Waals surface area contributed by atoms with Crippen molar-refractivity contribution in [2.75, 3.05) is 26.3 Å². The number of likely N-dealkylation sites (tertiary alicyclic amines) is 1. The van der Waals surface area contributed by atoms with E-state index in [1.165, 1.54) is 5.56 Å². The fraction of sp³-hybridized carbons (Fsp3) is 0.500. The Balaban J connectivity index is 1.89. The predicted octanol–water partition coefficient (Wildman–Crippen LogP) is 2.04. The zero-order chi connectivity index (χ0) is 12.1. The summed E-state index contributed by atoms with van der Waals surface area (Å²) in [6, 6.07) is 10.4. The first-order valence-electron chi connectivity index (χ1n) is 6.21. The number of hydrogen-bond donors (Lipinski definition) is 0. The van der Waals surface area contributed by atoms with Crippen LogP contribution in [0.4, 0.5) is 0 Å². The highest BCUT2D eigenvalue weighted by Gasteiger charge is 2.26. The predicted molar refractivity (Wildman–Crippen MR) is 66.9 cm³/mol. The van der Waals surface area contributed by atoms with Crippen molar-refractivity contribution in [3.63, 3.8) is 0 Å². The summed E-state index contributed by atoms with van der Waals surface area (Å²) in [7, 11) is 0. The minimum Gasteiger partial charge on any atom is -0.372 e. The van der Waals surface area contributed by atoms with Crippen molar-refractivity contribution < 1.29 is 9.53 Å². The van der Waals surface area contributed by atoms with Gasteiger partial charge in [0.25, 0.3) is 0 Å². The van der Waals surface area contributed by atoms with E-state index in [0.717, 1.165) is 19.5 Å². The van der Waals surface area contributed by atoms with Crippen LogP contribution < -0.4 is 0 Å². The number of nitrogens with zero attached hydrogens (tertiary/aromatic N) is 1. The smallest absolute Gasteiger partial charge is 0.248 e. The van der Waals surface area contributed by atoms with Gasteiger partial charge in [-0.25, -0.2) is 0 Å². The SMILES string of the molecule is CCOCC(=O)N1CCC(c2ccccc2)C1. The fourth-order valence-electron chi connectivity index (χ4n) is 2.26. The lowest BCUT2D eigenvalue weighted by Gasteiger charge is -2.16. The number of rotatable bonds is 4. The molecule has 0 N–H and O–H groups in total. The van der Waals surface area contributed by atoms with Crippen molar-refractivity contribution in [2.45, 2.75) is 19.3 Å². The Bertz CT molecular complexity index is 364. The molecule has 1 aromatic rings. The molecule has 1 aliphatic heterocycles. The standard InChI is InChI=1S/C14H19NO2/c1-2-17-11-14(16)15-9-8-13(10-15)12-6-4-3-5-7-12/h3-7,13H,2,8-11H2,1H3. The molecule has 1 fully saturated rings. The molecule has 1 saturated heterocycles.